The van der Waals surface area contributed by atoms with Crippen LogP contribution in [0, 0.1) is 5.92 Å². The summed E-state index contributed by atoms with van der Waals surface area (Å²) in [6, 6.07) is 8.54. The van der Waals surface area contributed by atoms with Gasteiger partial charge >= 0.3 is 6.36 Å². The van der Waals surface area contributed by atoms with Crippen molar-refractivity contribution in [3.8, 4) is 11.5 Å². The Morgan fingerprint density at radius 3 is 2.62 bits per heavy atom. The molecule has 1 aromatic heterocycles. The first kappa shape index (κ1) is 20.9. The van der Waals surface area contributed by atoms with Gasteiger partial charge in [-0.05, 0) is 37.0 Å². The number of hydrogen-bond donors (Lipinski definition) is 1. The topological polar surface area (TPSA) is 69.7 Å². The van der Waals surface area contributed by atoms with Crippen LogP contribution in [0.2, 0.25) is 0 Å². The maximum Gasteiger partial charge on any atom is 0.573 e. The summed E-state index contributed by atoms with van der Waals surface area (Å²) < 4.78 is 51.5. The van der Waals surface area contributed by atoms with Crippen LogP contribution in [0.15, 0.2) is 42.6 Å². The van der Waals surface area contributed by atoms with E-state index in [0.29, 0.717) is 23.7 Å². The van der Waals surface area contributed by atoms with Gasteiger partial charge in [0, 0.05) is 37.6 Å². The number of amides is 1. The van der Waals surface area contributed by atoms with E-state index in [1.165, 1.54) is 24.4 Å². The van der Waals surface area contributed by atoms with Gasteiger partial charge in [0.2, 0.25) is 0 Å². The van der Waals surface area contributed by atoms with Gasteiger partial charge in [-0.3, -0.25) is 9.78 Å². The van der Waals surface area contributed by atoms with E-state index in [2.05, 4.69) is 15.0 Å². The highest BCUT2D eigenvalue weighted by molar-refractivity contribution is 5.92. The number of nitrogens with one attached hydrogen (secondary N) is 1. The lowest BCUT2D eigenvalue weighted by atomic mass is 10.0. The van der Waals surface area contributed by atoms with Crippen LogP contribution < -0.4 is 14.8 Å². The number of nitrogens with zero attached hydrogens (tertiary/aromatic N) is 1. The number of alkyl halides is 3. The predicted octanol–water partition coefficient (Wildman–Crippen LogP) is 3.72. The van der Waals surface area contributed by atoms with E-state index in [0.717, 1.165) is 32.1 Å². The van der Waals surface area contributed by atoms with Crippen molar-refractivity contribution in [3.63, 3.8) is 0 Å². The van der Waals surface area contributed by atoms with Crippen LogP contribution in [0.4, 0.5) is 13.2 Å². The third kappa shape index (κ3) is 6.94. The molecule has 3 rings (SSSR count). The van der Waals surface area contributed by atoms with Crippen molar-refractivity contribution in [1.82, 2.24) is 10.3 Å². The summed E-state index contributed by atoms with van der Waals surface area (Å²) in [4.78, 5) is 16.3. The van der Waals surface area contributed by atoms with Gasteiger partial charge in [0.15, 0.2) is 0 Å². The first-order valence-electron chi connectivity index (χ1n) is 9.18. The first-order valence-corrected chi connectivity index (χ1v) is 9.18. The van der Waals surface area contributed by atoms with Gasteiger partial charge in [0.05, 0.1) is 0 Å². The van der Waals surface area contributed by atoms with Gasteiger partial charge in [-0.2, -0.15) is 0 Å². The number of hydrogen-bond acceptors (Lipinski definition) is 5. The highest BCUT2D eigenvalue weighted by Crippen LogP contribution is 2.26. The van der Waals surface area contributed by atoms with E-state index in [-0.39, 0.29) is 24.0 Å². The first-order chi connectivity index (χ1) is 13.9. The number of rotatable bonds is 7. The molecule has 0 atom stereocenters. The lowest BCUT2D eigenvalue weighted by Crippen LogP contribution is -2.32. The third-order valence-electron chi connectivity index (χ3n) is 4.39. The number of halogens is 3. The molecule has 0 spiro atoms. The van der Waals surface area contributed by atoms with Crippen LogP contribution in [-0.2, 0) is 11.3 Å². The monoisotopic (exact) mass is 410 g/mol. The molecule has 6 nitrogen and oxygen atoms in total. The molecule has 0 bridgehead atoms. The third-order valence-corrected chi connectivity index (χ3v) is 4.39. The van der Waals surface area contributed by atoms with Crippen molar-refractivity contribution < 1.29 is 32.2 Å². The van der Waals surface area contributed by atoms with Crippen LogP contribution in [-0.4, -0.2) is 37.0 Å². The quantitative estimate of drug-likeness (QED) is 0.754. The van der Waals surface area contributed by atoms with Gasteiger partial charge in [-0.1, -0.05) is 12.1 Å². The normalized spacial score (nSPS) is 15.0. The summed E-state index contributed by atoms with van der Waals surface area (Å²) >= 11 is 0. The Morgan fingerprint density at radius 2 is 1.93 bits per heavy atom. The molecule has 2 aromatic rings. The second-order valence-electron chi connectivity index (χ2n) is 6.63. The smallest absolute Gasteiger partial charge is 0.489 e. The molecule has 1 aliphatic heterocycles. The number of benzene rings is 1. The maximum atomic E-state index is 12.3. The van der Waals surface area contributed by atoms with E-state index in [1.54, 1.807) is 12.1 Å². The standard InChI is InChI=1S/C20H21F3N2O4/c21-20(22,23)29-17-3-1-2-16(10-17)28-13-15-4-5-18(24-12-15)19(26)25-11-14-6-8-27-9-7-14/h1-5,10,12,14H,6-9,11,13H2,(H,25,26). The lowest BCUT2D eigenvalue weighted by molar-refractivity contribution is -0.274. The van der Waals surface area contributed by atoms with Gasteiger partial charge < -0.3 is 19.5 Å². The number of carbonyl (C=O) groups is 1. The van der Waals surface area contributed by atoms with E-state index in [4.69, 9.17) is 9.47 Å². The van der Waals surface area contributed by atoms with Gasteiger partial charge in [0.1, 0.15) is 23.8 Å². The second-order valence-corrected chi connectivity index (χ2v) is 6.63. The molecule has 1 N–H and O–H groups in total. The zero-order valence-electron chi connectivity index (χ0n) is 15.6. The number of ether oxygens (including phenoxy) is 3. The lowest BCUT2D eigenvalue weighted by Gasteiger charge is -2.22. The largest absolute Gasteiger partial charge is 0.573 e. The Labute approximate surface area is 166 Å². The zero-order valence-corrected chi connectivity index (χ0v) is 15.6. The molecule has 1 aromatic carbocycles. The number of aromatic nitrogens is 1. The van der Waals surface area contributed by atoms with Crippen molar-refractivity contribution in [2.75, 3.05) is 19.8 Å². The van der Waals surface area contributed by atoms with E-state index < -0.39 is 6.36 Å². The average Bonchev–Trinajstić information content (AvgIpc) is 2.71. The molecule has 9 heteroatoms. The summed E-state index contributed by atoms with van der Waals surface area (Å²) in [7, 11) is 0. The fraction of sp³-hybridized carbons (Fsp3) is 0.400. The van der Waals surface area contributed by atoms with Crippen molar-refractivity contribution in [1.29, 1.82) is 0 Å². The Balaban J connectivity index is 1.49. The van der Waals surface area contributed by atoms with Crippen LogP contribution in [0.3, 0.4) is 0 Å². The van der Waals surface area contributed by atoms with Crippen molar-refractivity contribution in [2.45, 2.75) is 25.8 Å². The molecule has 0 radical (unpaired) electrons. The maximum absolute atomic E-state index is 12.3. The van der Waals surface area contributed by atoms with E-state index in [9.17, 15) is 18.0 Å². The second kappa shape index (κ2) is 9.60. The van der Waals surface area contributed by atoms with Gasteiger partial charge in [-0.25, -0.2) is 0 Å². The van der Waals surface area contributed by atoms with E-state index in [1.807, 2.05) is 0 Å². The summed E-state index contributed by atoms with van der Waals surface area (Å²) in [6.07, 6.45) is -1.40. The number of carbonyl (C=O) groups excluding carboxylic acids is 1. The summed E-state index contributed by atoms with van der Waals surface area (Å²) in [5.41, 5.74) is 0.967. The van der Waals surface area contributed by atoms with Crippen molar-refractivity contribution in [2.24, 2.45) is 5.92 Å². The summed E-state index contributed by atoms with van der Waals surface area (Å²) in [6.45, 7) is 2.12. The summed E-state index contributed by atoms with van der Waals surface area (Å²) in [5.74, 6) is 0.0353. The minimum atomic E-state index is -4.76. The molecular weight excluding hydrogens is 389 g/mol. The van der Waals surface area contributed by atoms with Gasteiger partial charge in [0.25, 0.3) is 5.91 Å². The van der Waals surface area contributed by atoms with E-state index >= 15 is 0 Å². The molecule has 2 heterocycles. The van der Waals surface area contributed by atoms with Crippen LogP contribution >= 0.6 is 0 Å². The molecule has 29 heavy (non-hydrogen) atoms. The molecule has 1 amide bonds. The van der Waals surface area contributed by atoms with Crippen LogP contribution in [0.25, 0.3) is 0 Å². The molecule has 1 fully saturated rings. The van der Waals surface area contributed by atoms with Crippen LogP contribution in [0.1, 0.15) is 28.9 Å². The minimum absolute atomic E-state index is 0.0897. The highest BCUT2D eigenvalue weighted by atomic mass is 19.4. The Kier molecular flexibility index (Phi) is 6.92. The SMILES string of the molecule is O=C(NCC1CCOCC1)c1ccc(COc2cccc(OC(F)(F)F)c2)cn1. The minimum Gasteiger partial charge on any atom is -0.489 e. The molecule has 0 saturated carbocycles. The highest BCUT2D eigenvalue weighted by Gasteiger charge is 2.31. The zero-order chi connectivity index (χ0) is 20.7. The summed E-state index contributed by atoms with van der Waals surface area (Å²) in [5, 5.41) is 2.88. The van der Waals surface area contributed by atoms with Crippen LogP contribution in [0.5, 0.6) is 11.5 Å². The average molecular weight is 410 g/mol. The Morgan fingerprint density at radius 1 is 1.17 bits per heavy atom. The molecule has 0 aliphatic carbocycles. The Hall–Kier alpha value is -2.81. The fourth-order valence-corrected chi connectivity index (χ4v) is 2.85. The fourth-order valence-electron chi connectivity index (χ4n) is 2.85. The van der Waals surface area contributed by atoms with Crippen molar-refractivity contribution in [3.05, 3.63) is 53.9 Å². The Bertz CT molecular complexity index is 806. The molecule has 156 valence electrons. The molecule has 1 saturated heterocycles. The molecule has 1 aliphatic rings. The molecular formula is C20H21F3N2O4. The van der Waals surface area contributed by atoms with Gasteiger partial charge in [-0.15, -0.1) is 13.2 Å². The molecule has 0 unspecified atom stereocenters. The predicted molar refractivity (Wildman–Crippen MR) is 97.6 cm³/mol. The van der Waals surface area contributed by atoms with Crippen molar-refractivity contribution >= 4 is 5.91 Å². The number of pyridine rings is 1.